The summed E-state index contributed by atoms with van der Waals surface area (Å²) in [5.74, 6) is 2.45. The first kappa shape index (κ1) is 23.0. The molecule has 0 aromatic rings. The molecule has 4 N–H and O–H groups in total. The van der Waals surface area contributed by atoms with Crippen molar-refractivity contribution < 1.29 is 20.4 Å². The van der Waals surface area contributed by atoms with E-state index in [-0.39, 0.29) is 53.5 Å². The van der Waals surface area contributed by atoms with Crippen LogP contribution in [0, 0.1) is 52.3 Å². The molecule has 0 aromatic heterocycles. The van der Waals surface area contributed by atoms with Crippen molar-refractivity contribution in [3.05, 3.63) is 0 Å². The Morgan fingerprint density at radius 2 is 1.73 bits per heavy atom. The smallest absolute Gasteiger partial charge is 0.0605 e. The van der Waals surface area contributed by atoms with Crippen LogP contribution in [0.2, 0.25) is 0 Å². The van der Waals surface area contributed by atoms with Crippen molar-refractivity contribution in [3.8, 4) is 0 Å². The summed E-state index contributed by atoms with van der Waals surface area (Å²) in [5, 5.41) is 43.1. The van der Waals surface area contributed by atoms with Gasteiger partial charge in [-0.05, 0) is 104 Å². The van der Waals surface area contributed by atoms with Crippen LogP contribution in [-0.2, 0) is 0 Å². The summed E-state index contributed by atoms with van der Waals surface area (Å²) in [7, 11) is 0. The Labute approximate surface area is 183 Å². The van der Waals surface area contributed by atoms with Gasteiger partial charge in [-0.2, -0.15) is 0 Å². The Balaban J connectivity index is 1.68. The summed E-state index contributed by atoms with van der Waals surface area (Å²) in [6, 6.07) is 0. The van der Waals surface area contributed by atoms with Crippen LogP contribution in [0.15, 0.2) is 0 Å². The molecule has 174 valence electrons. The Morgan fingerprint density at radius 1 is 1.00 bits per heavy atom. The van der Waals surface area contributed by atoms with E-state index in [4.69, 9.17) is 0 Å². The largest absolute Gasteiger partial charge is 0.396 e. The van der Waals surface area contributed by atoms with Gasteiger partial charge in [0.1, 0.15) is 0 Å². The van der Waals surface area contributed by atoms with Gasteiger partial charge < -0.3 is 20.4 Å². The first-order valence-corrected chi connectivity index (χ1v) is 12.8. The van der Waals surface area contributed by atoms with Gasteiger partial charge in [-0.15, -0.1) is 0 Å². The maximum absolute atomic E-state index is 11.7. The highest BCUT2D eigenvalue weighted by Crippen LogP contribution is 2.69. The third kappa shape index (κ3) is 3.31. The normalized spacial score (nSPS) is 54.2. The van der Waals surface area contributed by atoms with E-state index in [0.29, 0.717) is 23.7 Å². The predicted octanol–water partition coefficient (Wildman–Crippen LogP) is 3.99. The molecule has 0 radical (unpaired) electrons. The first-order valence-electron chi connectivity index (χ1n) is 12.8. The van der Waals surface area contributed by atoms with E-state index in [1.165, 1.54) is 6.42 Å². The molecular weight excluding hydrogens is 376 g/mol. The third-order valence-electron chi connectivity index (χ3n) is 10.9. The maximum Gasteiger partial charge on any atom is 0.0605 e. The molecule has 4 saturated carbocycles. The highest BCUT2D eigenvalue weighted by Gasteiger charge is 2.67. The second-order valence-corrected chi connectivity index (χ2v) is 12.1. The molecule has 4 fully saturated rings. The highest BCUT2D eigenvalue weighted by atomic mass is 16.3. The van der Waals surface area contributed by atoms with E-state index in [9.17, 15) is 20.4 Å². The number of rotatable bonds is 5. The minimum absolute atomic E-state index is 0.0190. The van der Waals surface area contributed by atoms with Gasteiger partial charge in [-0.3, -0.25) is 0 Å². The zero-order valence-corrected chi connectivity index (χ0v) is 19.6. The van der Waals surface area contributed by atoms with Crippen LogP contribution in [0.1, 0.15) is 85.5 Å². The van der Waals surface area contributed by atoms with Crippen LogP contribution < -0.4 is 0 Å². The lowest BCUT2D eigenvalue weighted by Crippen LogP contribution is -2.65. The summed E-state index contributed by atoms with van der Waals surface area (Å²) in [4.78, 5) is 0. The summed E-state index contributed by atoms with van der Waals surface area (Å²) >= 11 is 0. The lowest BCUT2D eigenvalue weighted by Gasteiger charge is -2.66. The van der Waals surface area contributed by atoms with E-state index in [1.807, 2.05) is 0 Å². The Kier molecular flexibility index (Phi) is 6.38. The Morgan fingerprint density at radius 3 is 2.40 bits per heavy atom. The molecular formula is C26H46O4. The summed E-state index contributed by atoms with van der Waals surface area (Å²) < 4.78 is 0. The number of aliphatic hydroxyl groups excluding tert-OH is 4. The standard InChI is InChI=1S/C26H46O4/c1-5-17-20-13-16(28)10-11-25(20,3)23-21(29)14-26(4)18(15(2)7-6-12-27)8-9-19(26)22(23)24(17)30/h15-24,27-30H,5-14H2,1-4H3/t15-,16-,17-,18-,19?,20+,21+,22?,23?,24-,25+,26?/m1/s1. The van der Waals surface area contributed by atoms with Crippen molar-refractivity contribution in [2.75, 3.05) is 6.61 Å². The molecule has 0 aromatic carbocycles. The van der Waals surface area contributed by atoms with E-state index >= 15 is 0 Å². The lowest BCUT2D eigenvalue weighted by molar-refractivity contribution is -0.235. The molecule has 4 nitrogen and oxygen atoms in total. The van der Waals surface area contributed by atoms with E-state index < -0.39 is 0 Å². The SMILES string of the molecule is CC[C@H]1[C@@H](O)C2C3CC[C@H]([C@H](C)CCCO)C3(C)C[C@H](O)C2[C@@]2(C)CC[C@@H](O)C[C@@H]12. The zero-order chi connectivity index (χ0) is 21.8. The van der Waals surface area contributed by atoms with Gasteiger partial charge in [0.2, 0.25) is 0 Å². The average molecular weight is 423 g/mol. The quantitative estimate of drug-likeness (QED) is 0.540. The molecule has 0 spiro atoms. The third-order valence-corrected chi connectivity index (χ3v) is 10.9. The van der Waals surface area contributed by atoms with Gasteiger partial charge in [0.15, 0.2) is 0 Å². The summed E-state index contributed by atoms with van der Waals surface area (Å²) in [5.41, 5.74) is 0.0945. The van der Waals surface area contributed by atoms with Crippen LogP contribution in [0.4, 0.5) is 0 Å². The molecule has 12 atom stereocenters. The fourth-order valence-corrected chi connectivity index (χ4v) is 9.66. The first-order chi connectivity index (χ1) is 14.2. The van der Waals surface area contributed by atoms with Crippen LogP contribution in [0.25, 0.3) is 0 Å². The van der Waals surface area contributed by atoms with Crippen molar-refractivity contribution >= 4 is 0 Å². The molecule has 0 aliphatic heterocycles. The van der Waals surface area contributed by atoms with E-state index in [1.54, 1.807) is 0 Å². The molecule has 4 heteroatoms. The second-order valence-electron chi connectivity index (χ2n) is 12.1. The maximum atomic E-state index is 11.7. The average Bonchev–Trinajstić information content (AvgIpc) is 3.04. The molecule has 0 saturated heterocycles. The molecule has 4 unspecified atom stereocenters. The number of fused-ring (bicyclic) bond motifs is 5. The Hall–Kier alpha value is -0.160. The molecule has 0 bridgehead atoms. The second kappa shape index (κ2) is 8.32. The van der Waals surface area contributed by atoms with Crippen LogP contribution >= 0.6 is 0 Å². The number of aliphatic hydroxyl groups is 4. The van der Waals surface area contributed by atoms with Crippen molar-refractivity contribution in [2.45, 2.75) is 104 Å². The molecule has 4 aliphatic rings. The topological polar surface area (TPSA) is 80.9 Å². The zero-order valence-electron chi connectivity index (χ0n) is 19.6. The number of hydrogen-bond acceptors (Lipinski definition) is 4. The van der Waals surface area contributed by atoms with Crippen LogP contribution in [0.3, 0.4) is 0 Å². The Bertz CT molecular complexity index is 610. The fraction of sp³-hybridized carbons (Fsp3) is 1.00. The number of hydrogen-bond donors (Lipinski definition) is 4. The van der Waals surface area contributed by atoms with Gasteiger partial charge in [0.05, 0.1) is 18.3 Å². The van der Waals surface area contributed by atoms with Gasteiger partial charge in [0.25, 0.3) is 0 Å². The van der Waals surface area contributed by atoms with Gasteiger partial charge in [0, 0.05) is 6.61 Å². The van der Waals surface area contributed by atoms with Crippen molar-refractivity contribution in [3.63, 3.8) is 0 Å². The van der Waals surface area contributed by atoms with E-state index in [2.05, 4.69) is 27.7 Å². The minimum Gasteiger partial charge on any atom is -0.396 e. The summed E-state index contributed by atoms with van der Waals surface area (Å²) in [6.45, 7) is 9.56. The van der Waals surface area contributed by atoms with E-state index in [0.717, 1.165) is 51.4 Å². The molecule has 0 heterocycles. The van der Waals surface area contributed by atoms with Crippen molar-refractivity contribution in [1.29, 1.82) is 0 Å². The molecule has 4 rings (SSSR count). The van der Waals surface area contributed by atoms with Crippen molar-refractivity contribution in [1.82, 2.24) is 0 Å². The minimum atomic E-state index is -0.367. The monoisotopic (exact) mass is 422 g/mol. The van der Waals surface area contributed by atoms with Crippen molar-refractivity contribution in [2.24, 2.45) is 52.3 Å². The molecule has 4 aliphatic carbocycles. The molecule has 0 amide bonds. The highest BCUT2D eigenvalue weighted by molar-refractivity contribution is 5.15. The summed E-state index contributed by atoms with van der Waals surface area (Å²) in [6.07, 6.45) is 7.65. The molecule has 30 heavy (non-hydrogen) atoms. The van der Waals surface area contributed by atoms with Crippen LogP contribution in [-0.4, -0.2) is 45.3 Å². The predicted molar refractivity (Wildman–Crippen MR) is 119 cm³/mol. The van der Waals surface area contributed by atoms with Gasteiger partial charge >= 0.3 is 0 Å². The van der Waals surface area contributed by atoms with Gasteiger partial charge in [-0.1, -0.05) is 34.1 Å². The van der Waals surface area contributed by atoms with Crippen LogP contribution in [0.5, 0.6) is 0 Å². The lowest BCUT2D eigenvalue weighted by atomic mass is 9.40. The fourth-order valence-electron chi connectivity index (χ4n) is 9.66. The van der Waals surface area contributed by atoms with Gasteiger partial charge in [-0.25, -0.2) is 0 Å².